The molecule has 0 aliphatic rings. The fourth-order valence-corrected chi connectivity index (χ4v) is 1.50. The first kappa shape index (κ1) is 13.5. The number of rotatable bonds is 6. The molecule has 0 aromatic heterocycles. The molecule has 0 saturated heterocycles. The van der Waals surface area contributed by atoms with E-state index in [2.05, 4.69) is 5.16 Å². The van der Waals surface area contributed by atoms with Crippen molar-refractivity contribution in [2.24, 2.45) is 5.16 Å². The van der Waals surface area contributed by atoms with Crippen LogP contribution in [-0.2, 0) is 0 Å². The second-order valence-electron chi connectivity index (χ2n) is 3.96. The lowest BCUT2D eigenvalue weighted by molar-refractivity contribution is 0.253. The Bertz CT molecular complexity index is 388. The Hall–Kier alpha value is -1.55. The minimum Gasteiger partial charge on any atom is -0.493 e. The minimum atomic E-state index is 0.182. The van der Waals surface area contributed by atoms with Crippen molar-refractivity contribution in [1.29, 1.82) is 0 Å². The number of ether oxygens (including phenoxy) is 1. The van der Waals surface area contributed by atoms with Gasteiger partial charge in [-0.3, -0.25) is 0 Å². The van der Waals surface area contributed by atoms with Crippen LogP contribution in [0.25, 0.3) is 0 Å². The van der Waals surface area contributed by atoms with E-state index in [1.165, 1.54) is 0 Å². The van der Waals surface area contributed by atoms with Crippen LogP contribution in [0.2, 0.25) is 0 Å². The van der Waals surface area contributed by atoms with Crippen molar-refractivity contribution >= 4 is 5.71 Å². The number of hydrogen-bond acceptors (Lipinski definition) is 4. The van der Waals surface area contributed by atoms with Crippen LogP contribution >= 0.6 is 0 Å². The summed E-state index contributed by atoms with van der Waals surface area (Å²) < 4.78 is 5.61. The van der Waals surface area contributed by atoms with Gasteiger partial charge in [0, 0.05) is 12.2 Å². The molecule has 2 N–H and O–H groups in total. The molecule has 0 heterocycles. The first-order valence-electron chi connectivity index (χ1n) is 5.72. The van der Waals surface area contributed by atoms with Crippen molar-refractivity contribution in [3.8, 4) is 5.75 Å². The van der Waals surface area contributed by atoms with Crippen LogP contribution in [0.3, 0.4) is 0 Å². The maximum absolute atomic E-state index is 8.81. The second kappa shape index (κ2) is 6.91. The van der Waals surface area contributed by atoms with Crippen molar-refractivity contribution < 1.29 is 15.1 Å². The Morgan fingerprint density at radius 2 is 2.12 bits per heavy atom. The standard InChI is InChI=1S/C13H19NO3/c1-10-5-6-13(17-8-4-3-7-15)12(9-10)11(2)14-16/h5-6,9,15-16H,3-4,7-8H2,1-2H3. The third-order valence-electron chi connectivity index (χ3n) is 2.48. The van der Waals surface area contributed by atoms with Crippen LogP contribution in [0.15, 0.2) is 23.4 Å². The Morgan fingerprint density at radius 1 is 1.35 bits per heavy atom. The van der Waals surface area contributed by atoms with E-state index in [4.69, 9.17) is 15.1 Å². The molecule has 1 rings (SSSR count). The SMILES string of the molecule is CC(=NO)c1cc(C)ccc1OCCCCO. The number of aliphatic hydroxyl groups excluding tert-OH is 1. The molecule has 0 atom stereocenters. The molecular weight excluding hydrogens is 218 g/mol. The maximum atomic E-state index is 8.81. The van der Waals surface area contributed by atoms with Gasteiger partial charge in [0.2, 0.25) is 0 Å². The smallest absolute Gasteiger partial charge is 0.128 e. The molecule has 0 saturated carbocycles. The average Bonchev–Trinajstić information content (AvgIpc) is 2.35. The quantitative estimate of drug-likeness (QED) is 0.345. The first-order chi connectivity index (χ1) is 8.19. The predicted octanol–water partition coefficient (Wildman–Crippen LogP) is 2.34. The Morgan fingerprint density at radius 3 is 2.76 bits per heavy atom. The average molecular weight is 237 g/mol. The summed E-state index contributed by atoms with van der Waals surface area (Å²) in [6.07, 6.45) is 1.54. The molecule has 0 radical (unpaired) electrons. The fraction of sp³-hybridized carbons (Fsp3) is 0.462. The highest BCUT2D eigenvalue weighted by Gasteiger charge is 2.07. The Balaban J connectivity index is 2.76. The van der Waals surface area contributed by atoms with Gasteiger partial charge in [-0.25, -0.2) is 0 Å². The van der Waals surface area contributed by atoms with Crippen LogP contribution in [0.4, 0.5) is 0 Å². The number of nitrogens with zero attached hydrogens (tertiary/aromatic N) is 1. The summed E-state index contributed by atoms with van der Waals surface area (Å²) in [6, 6.07) is 5.75. The summed E-state index contributed by atoms with van der Waals surface area (Å²) in [5, 5.41) is 20.7. The van der Waals surface area contributed by atoms with Crippen LogP contribution < -0.4 is 4.74 Å². The van der Waals surface area contributed by atoms with E-state index in [-0.39, 0.29) is 6.61 Å². The van der Waals surface area contributed by atoms with E-state index >= 15 is 0 Å². The van der Waals surface area contributed by atoms with Crippen molar-refractivity contribution in [2.75, 3.05) is 13.2 Å². The summed E-state index contributed by atoms with van der Waals surface area (Å²) in [4.78, 5) is 0. The highest BCUT2D eigenvalue weighted by Crippen LogP contribution is 2.21. The number of unbranched alkanes of at least 4 members (excludes halogenated alkanes) is 1. The normalized spacial score (nSPS) is 11.6. The van der Waals surface area contributed by atoms with E-state index in [1.807, 2.05) is 25.1 Å². The van der Waals surface area contributed by atoms with Gasteiger partial charge in [-0.2, -0.15) is 0 Å². The maximum Gasteiger partial charge on any atom is 0.128 e. The van der Waals surface area contributed by atoms with Gasteiger partial charge < -0.3 is 15.1 Å². The van der Waals surface area contributed by atoms with E-state index < -0.39 is 0 Å². The zero-order chi connectivity index (χ0) is 12.7. The van der Waals surface area contributed by atoms with Crippen LogP contribution in [0.1, 0.15) is 30.9 Å². The number of oxime groups is 1. The number of hydrogen-bond donors (Lipinski definition) is 2. The van der Waals surface area contributed by atoms with Gasteiger partial charge in [-0.15, -0.1) is 0 Å². The summed E-state index contributed by atoms with van der Waals surface area (Å²) in [5.41, 5.74) is 2.42. The minimum absolute atomic E-state index is 0.182. The Labute approximate surface area is 102 Å². The first-order valence-corrected chi connectivity index (χ1v) is 5.72. The highest BCUT2D eigenvalue weighted by atomic mass is 16.5. The number of benzene rings is 1. The molecule has 0 aliphatic carbocycles. The van der Waals surface area contributed by atoms with Crippen molar-refractivity contribution in [3.63, 3.8) is 0 Å². The zero-order valence-electron chi connectivity index (χ0n) is 10.3. The molecule has 4 heteroatoms. The molecule has 1 aromatic rings. The van der Waals surface area contributed by atoms with Crippen LogP contribution in [0, 0.1) is 6.92 Å². The van der Waals surface area contributed by atoms with E-state index in [0.29, 0.717) is 18.1 Å². The largest absolute Gasteiger partial charge is 0.493 e. The topological polar surface area (TPSA) is 62.1 Å². The van der Waals surface area contributed by atoms with Gasteiger partial charge >= 0.3 is 0 Å². The summed E-state index contributed by atoms with van der Waals surface area (Å²) in [6.45, 7) is 4.44. The van der Waals surface area contributed by atoms with Crippen molar-refractivity contribution in [1.82, 2.24) is 0 Å². The van der Waals surface area contributed by atoms with E-state index in [0.717, 1.165) is 24.0 Å². The summed E-state index contributed by atoms with van der Waals surface area (Å²) in [5.74, 6) is 0.712. The van der Waals surface area contributed by atoms with Crippen molar-refractivity contribution in [3.05, 3.63) is 29.3 Å². The molecule has 4 nitrogen and oxygen atoms in total. The molecule has 0 fully saturated rings. The molecule has 0 aliphatic heterocycles. The van der Waals surface area contributed by atoms with E-state index in [9.17, 15) is 0 Å². The number of aliphatic hydroxyl groups is 1. The van der Waals surface area contributed by atoms with Gasteiger partial charge in [-0.1, -0.05) is 16.8 Å². The lowest BCUT2D eigenvalue weighted by Crippen LogP contribution is -2.04. The summed E-state index contributed by atoms with van der Waals surface area (Å²) >= 11 is 0. The monoisotopic (exact) mass is 237 g/mol. The van der Waals surface area contributed by atoms with Crippen molar-refractivity contribution in [2.45, 2.75) is 26.7 Å². The zero-order valence-corrected chi connectivity index (χ0v) is 10.3. The number of aryl methyl sites for hydroxylation is 1. The predicted molar refractivity (Wildman–Crippen MR) is 67.0 cm³/mol. The lowest BCUT2D eigenvalue weighted by Gasteiger charge is -2.11. The Kier molecular flexibility index (Phi) is 5.49. The second-order valence-corrected chi connectivity index (χ2v) is 3.96. The third-order valence-corrected chi connectivity index (χ3v) is 2.48. The molecule has 17 heavy (non-hydrogen) atoms. The van der Waals surface area contributed by atoms with Crippen LogP contribution in [-0.4, -0.2) is 29.2 Å². The van der Waals surface area contributed by atoms with Gasteiger partial charge in [0.25, 0.3) is 0 Å². The molecule has 0 bridgehead atoms. The third kappa shape index (κ3) is 4.07. The lowest BCUT2D eigenvalue weighted by atomic mass is 10.1. The molecule has 0 unspecified atom stereocenters. The molecule has 0 spiro atoms. The molecule has 94 valence electrons. The van der Waals surface area contributed by atoms with Gasteiger partial charge in [0.05, 0.1) is 12.3 Å². The van der Waals surface area contributed by atoms with Crippen LogP contribution in [0.5, 0.6) is 5.75 Å². The molecular formula is C13H19NO3. The molecule has 0 amide bonds. The highest BCUT2D eigenvalue weighted by molar-refractivity contribution is 6.00. The van der Waals surface area contributed by atoms with E-state index in [1.54, 1.807) is 6.92 Å². The van der Waals surface area contributed by atoms with Gasteiger partial charge in [-0.05, 0) is 38.8 Å². The van der Waals surface area contributed by atoms with Gasteiger partial charge in [0.1, 0.15) is 5.75 Å². The summed E-state index contributed by atoms with van der Waals surface area (Å²) in [7, 11) is 0. The fourth-order valence-electron chi connectivity index (χ4n) is 1.50. The van der Waals surface area contributed by atoms with Gasteiger partial charge in [0.15, 0.2) is 0 Å². The molecule has 1 aromatic carbocycles.